The molecule has 0 atom stereocenters. The summed E-state index contributed by atoms with van der Waals surface area (Å²) in [5.74, 6) is 1.03. The highest BCUT2D eigenvalue weighted by Gasteiger charge is 2.10. The lowest BCUT2D eigenvalue weighted by Crippen LogP contribution is -2.29. The molecular weight excluding hydrogens is 280 g/mol. The maximum absolute atomic E-state index is 11.8. The van der Waals surface area contributed by atoms with Crippen LogP contribution in [0.25, 0.3) is 0 Å². The second kappa shape index (κ2) is 7.40. The van der Waals surface area contributed by atoms with Crippen molar-refractivity contribution >= 4 is 11.7 Å². The fourth-order valence-corrected chi connectivity index (χ4v) is 1.89. The van der Waals surface area contributed by atoms with E-state index in [0.717, 1.165) is 5.75 Å². The summed E-state index contributed by atoms with van der Waals surface area (Å²) in [6.45, 7) is 5.01. The number of carbonyl (C=O) groups is 1. The zero-order chi connectivity index (χ0) is 15.9. The van der Waals surface area contributed by atoms with Crippen LogP contribution in [0.15, 0.2) is 36.7 Å². The normalized spacial score (nSPS) is 10.5. The second-order valence-corrected chi connectivity index (χ2v) is 5.12. The number of rotatable bonds is 6. The van der Waals surface area contributed by atoms with Crippen molar-refractivity contribution < 1.29 is 9.53 Å². The molecule has 0 saturated heterocycles. The lowest BCUT2D eigenvalue weighted by atomic mass is 10.0. The molecule has 0 unspecified atom stereocenters. The molecule has 0 aliphatic heterocycles. The van der Waals surface area contributed by atoms with Crippen LogP contribution in [0.3, 0.4) is 0 Å². The molecule has 6 heteroatoms. The maximum atomic E-state index is 11.8. The molecule has 116 valence electrons. The molecule has 6 nitrogen and oxygen atoms in total. The Balaban J connectivity index is 1.77. The Labute approximate surface area is 129 Å². The lowest BCUT2D eigenvalue weighted by Gasteiger charge is -2.10. The van der Waals surface area contributed by atoms with Crippen molar-refractivity contribution in [3.8, 4) is 5.75 Å². The summed E-state index contributed by atoms with van der Waals surface area (Å²) in [7, 11) is 0. The molecule has 0 spiro atoms. The van der Waals surface area contributed by atoms with Gasteiger partial charge in [0.1, 0.15) is 12.4 Å². The number of amides is 1. The summed E-state index contributed by atoms with van der Waals surface area (Å²) in [6, 6.07) is 7.94. The van der Waals surface area contributed by atoms with Gasteiger partial charge in [0, 0.05) is 12.4 Å². The number of nitrogens with one attached hydrogen (secondary N) is 1. The minimum absolute atomic E-state index is 0.116. The number of nitrogens with zero attached hydrogens (tertiary/aromatic N) is 2. The molecule has 0 fully saturated rings. The second-order valence-electron chi connectivity index (χ2n) is 5.12. The van der Waals surface area contributed by atoms with E-state index in [2.05, 4.69) is 29.1 Å². The number of hydrogen-bond acceptors (Lipinski definition) is 5. The van der Waals surface area contributed by atoms with E-state index in [4.69, 9.17) is 10.5 Å². The van der Waals surface area contributed by atoms with Gasteiger partial charge in [-0.3, -0.25) is 4.79 Å². The van der Waals surface area contributed by atoms with Gasteiger partial charge >= 0.3 is 0 Å². The molecule has 0 saturated carbocycles. The van der Waals surface area contributed by atoms with Crippen LogP contribution in [0.4, 0.5) is 5.82 Å². The minimum atomic E-state index is -0.357. The number of benzene rings is 1. The van der Waals surface area contributed by atoms with Gasteiger partial charge in [0.15, 0.2) is 11.5 Å². The average Bonchev–Trinajstić information content (AvgIpc) is 2.52. The Hall–Kier alpha value is -2.63. The van der Waals surface area contributed by atoms with E-state index in [1.165, 1.54) is 18.0 Å². The van der Waals surface area contributed by atoms with Crippen molar-refractivity contribution in [2.45, 2.75) is 19.8 Å². The largest absolute Gasteiger partial charge is 0.492 e. The van der Waals surface area contributed by atoms with Gasteiger partial charge in [0.2, 0.25) is 0 Å². The predicted octanol–water partition coefficient (Wildman–Crippen LogP) is 1.99. The molecule has 1 amide bonds. The monoisotopic (exact) mass is 300 g/mol. The first-order chi connectivity index (χ1) is 10.6. The fourth-order valence-electron chi connectivity index (χ4n) is 1.89. The molecule has 1 aromatic heterocycles. The van der Waals surface area contributed by atoms with E-state index in [-0.39, 0.29) is 17.4 Å². The van der Waals surface area contributed by atoms with Crippen LogP contribution < -0.4 is 15.8 Å². The number of nitrogen functional groups attached to an aromatic ring is 1. The number of hydrogen-bond donors (Lipinski definition) is 2. The molecule has 0 bridgehead atoms. The Morgan fingerprint density at radius 2 is 1.91 bits per heavy atom. The van der Waals surface area contributed by atoms with Gasteiger partial charge in [-0.05, 0) is 23.6 Å². The molecule has 1 aromatic carbocycles. The molecule has 0 aliphatic carbocycles. The van der Waals surface area contributed by atoms with Gasteiger partial charge in [-0.15, -0.1) is 0 Å². The summed E-state index contributed by atoms with van der Waals surface area (Å²) in [4.78, 5) is 19.6. The molecular formula is C16H20N4O2. The Bertz CT molecular complexity index is 626. The van der Waals surface area contributed by atoms with Crippen LogP contribution in [0.1, 0.15) is 35.8 Å². The van der Waals surface area contributed by atoms with Crippen LogP contribution in [0, 0.1) is 0 Å². The number of carbonyl (C=O) groups excluding carboxylic acids is 1. The molecule has 1 heterocycles. The first-order valence-corrected chi connectivity index (χ1v) is 7.15. The van der Waals surface area contributed by atoms with Gasteiger partial charge in [0.25, 0.3) is 5.91 Å². The Morgan fingerprint density at radius 3 is 2.55 bits per heavy atom. The van der Waals surface area contributed by atoms with Crippen molar-refractivity contribution in [2.75, 3.05) is 18.9 Å². The lowest BCUT2D eigenvalue weighted by molar-refractivity contribution is 0.0942. The Morgan fingerprint density at radius 1 is 1.23 bits per heavy atom. The Kier molecular flexibility index (Phi) is 5.30. The zero-order valence-corrected chi connectivity index (χ0v) is 12.7. The minimum Gasteiger partial charge on any atom is -0.492 e. The van der Waals surface area contributed by atoms with E-state index in [9.17, 15) is 4.79 Å². The van der Waals surface area contributed by atoms with Crippen LogP contribution in [0.5, 0.6) is 5.75 Å². The molecule has 0 aliphatic rings. The van der Waals surface area contributed by atoms with Crippen molar-refractivity contribution in [3.05, 3.63) is 47.9 Å². The first-order valence-electron chi connectivity index (χ1n) is 7.15. The molecule has 2 rings (SSSR count). The summed E-state index contributed by atoms with van der Waals surface area (Å²) in [5.41, 5.74) is 6.98. The number of anilines is 1. The van der Waals surface area contributed by atoms with Crippen molar-refractivity contribution in [3.63, 3.8) is 0 Å². The van der Waals surface area contributed by atoms with E-state index in [0.29, 0.717) is 19.1 Å². The van der Waals surface area contributed by atoms with Gasteiger partial charge in [-0.2, -0.15) is 0 Å². The van der Waals surface area contributed by atoms with Gasteiger partial charge in [-0.1, -0.05) is 26.0 Å². The third kappa shape index (κ3) is 4.18. The quantitative estimate of drug-likeness (QED) is 0.796. The van der Waals surface area contributed by atoms with Crippen LogP contribution in [-0.4, -0.2) is 29.0 Å². The van der Waals surface area contributed by atoms with E-state index < -0.39 is 0 Å². The third-order valence-corrected chi connectivity index (χ3v) is 3.14. The summed E-state index contributed by atoms with van der Waals surface area (Å²) >= 11 is 0. The first kappa shape index (κ1) is 15.8. The van der Waals surface area contributed by atoms with Crippen LogP contribution in [0.2, 0.25) is 0 Å². The molecule has 3 N–H and O–H groups in total. The zero-order valence-electron chi connectivity index (χ0n) is 12.7. The van der Waals surface area contributed by atoms with Crippen LogP contribution >= 0.6 is 0 Å². The van der Waals surface area contributed by atoms with Crippen molar-refractivity contribution in [2.24, 2.45) is 0 Å². The summed E-state index contributed by atoms with van der Waals surface area (Å²) in [6.07, 6.45) is 2.87. The number of nitrogens with two attached hydrogens (primary N) is 1. The number of ether oxygens (including phenoxy) is 1. The highest BCUT2D eigenvalue weighted by atomic mass is 16.5. The van der Waals surface area contributed by atoms with E-state index >= 15 is 0 Å². The molecule has 22 heavy (non-hydrogen) atoms. The molecule has 2 aromatic rings. The maximum Gasteiger partial charge on any atom is 0.273 e. The fraction of sp³-hybridized carbons (Fsp3) is 0.312. The predicted molar refractivity (Wildman–Crippen MR) is 84.8 cm³/mol. The number of aromatic nitrogens is 2. The highest BCUT2D eigenvalue weighted by Crippen LogP contribution is 2.18. The summed E-state index contributed by atoms with van der Waals surface area (Å²) in [5, 5.41) is 2.69. The van der Waals surface area contributed by atoms with Crippen LogP contribution in [-0.2, 0) is 0 Å². The highest BCUT2D eigenvalue weighted by molar-refractivity contribution is 5.96. The van der Waals surface area contributed by atoms with E-state index in [1.54, 1.807) is 0 Å². The average molecular weight is 300 g/mol. The van der Waals surface area contributed by atoms with Crippen molar-refractivity contribution in [1.29, 1.82) is 0 Å². The standard InChI is InChI=1S/C16H20N4O2/c1-11(2)12-3-5-13(6-4-12)22-10-9-20-16(21)14-15(17)19-8-7-18-14/h3-8,11H,9-10H2,1-2H3,(H2,17,19)(H,20,21). The van der Waals surface area contributed by atoms with Gasteiger partial charge < -0.3 is 15.8 Å². The molecule has 0 radical (unpaired) electrons. The third-order valence-electron chi connectivity index (χ3n) is 3.14. The van der Waals surface area contributed by atoms with E-state index in [1.807, 2.05) is 24.3 Å². The summed E-state index contributed by atoms with van der Waals surface area (Å²) < 4.78 is 5.58. The van der Waals surface area contributed by atoms with Gasteiger partial charge in [0.05, 0.1) is 6.54 Å². The smallest absolute Gasteiger partial charge is 0.273 e. The topological polar surface area (TPSA) is 90.1 Å². The SMILES string of the molecule is CC(C)c1ccc(OCCNC(=O)c2nccnc2N)cc1. The van der Waals surface area contributed by atoms with Gasteiger partial charge in [-0.25, -0.2) is 9.97 Å². The van der Waals surface area contributed by atoms with Crippen molar-refractivity contribution in [1.82, 2.24) is 15.3 Å².